The second-order valence-electron chi connectivity index (χ2n) is 8.37. The number of amides is 1. The Kier molecular flexibility index (Phi) is 7.24. The van der Waals surface area contributed by atoms with Crippen LogP contribution in [0.25, 0.3) is 0 Å². The largest absolute Gasteiger partial charge is 0.416 e. The van der Waals surface area contributed by atoms with Crippen molar-refractivity contribution in [2.45, 2.75) is 31.6 Å². The van der Waals surface area contributed by atoms with E-state index in [1.807, 2.05) is 0 Å². The number of carbonyl (C=O) groups is 1. The summed E-state index contributed by atoms with van der Waals surface area (Å²) in [6, 6.07) is 17.7. The Bertz CT molecular complexity index is 1140. The van der Waals surface area contributed by atoms with Gasteiger partial charge in [0.1, 0.15) is 5.82 Å². The zero-order valence-electron chi connectivity index (χ0n) is 18.2. The first-order valence-corrected chi connectivity index (χ1v) is 11.3. The van der Waals surface area contributed by atoms with Gasteiger partial charge in [-0.25, -0.2) is 4.39 Å². The van der Waals surface area contributed by atoms with Crippen LogP contribution in [0.4, 0.5) is 23.2 Å². The molecule has 0 bridgehead atoms. The number of anilines is 1. The summed E-state index contributed by atoms with van der Waals surface area (Å²) in [7, 11) is 0. The number of halogens is 5. The number of nitrogens with zero attached hydrogens (tertiary/aromatic N) is 2. The predicted octanol–water partition coefficient (Wildman–Crippen LogP) is 6.81. The average molecular weight is 491 g/mol. The highest BCUT2D eigenvalue weighted by molar-refractivity contribution is 6.31. The molecule has 8 heteroatoms. The number of likely N-dealkylation sites (tertiary alicyclic amines) is 1. The minimum absolute atomic E-state index is 0.144. The fraction of sp³-hybridized carbons (Fsp3) is 0.269. The van der Waals surface area contributed by atoms with Gasteiger partial charge in [-0.1, -0.05) is 35.9 Å². The maximum Gasteiger partial charge on any atom is 0.416 e. The van der Waals surface area contributed by atoms with Gasteiger partial charge in [-0.2, -0.15) is 13.2 Å². The van der Waals surface area contributed by atoms with Crippen LogP contribution in [0.2, 0.25) is 5.02 Å². The van der Waals surface area contributed by atoms with Gasteiger partial charge in [0.25, 0.3) is 5.91 Å². The van der Waals surface area contributed by atoms with E-state index >= 15 is 0 Å². The van der Waals surface area contributed by atoms with E-state index < -0.39 is 17.6 Å². The van der Waals surface area contributed by atoms with Crippen LogP contribution in [0.5, 0.6) is 0 Å². The molecule has 0 aromatic heterocycles. The van der Waals surface area contributed by atoms with Gasteiger partial charge in [0.2, 0.25) is 0 Å². The molecule has 3 aromatic rings. The molecule has 1 aliphatic heterocycles. The van der Waals surface area contributed by atoms with Crippen LogP contribution in [0.15, 0.2) is 72.8 Å². The average Bonchev–Trinajstić information content (AvgIpc) is 2.81. The summed E-state index contributed by atoms with van der Waals surface area (Å²) in [4.78, 5) is 17.2. The molecule has 0 saturated carbocycles. The highest BCUT2D eigenvalue weighted by Gasteiger charge is 2.32. The molecule has 34 heavy (non-hydrogen) atoms. The highest BCUT2D eigenvalue weighted by atomic mass is 35.5. The summed E-state index contributed by atoms with van der Waals surface area (Å²) < 4.78 is 52.6. The molecule has 1 saturated heterocycles. The van der Waals surface area contributed by atoms with E-state index in [9.17, 15) is 22.4 Å². The lowest BCUT2D eigenvalue weighted by Gasteiger charge is -2.38. The second kappa shape index (κ2) is 10.2. The summed E-state index contributed by atoms with van der Waals surface area (Å²) in [6.45, 7) is 1.62. The molecule has 0 spiro atoms. The Labute approximate surface area is 200 Å². The quantitative estimate of drug-likeness (QED) is 0.367. The first-order chi connectivity index (χ1) is 16.2. The molecule has 1 fully saturated rings. The lowest BCUT2D eigenvalue weighted by Crippen LogP contribution is -2.47. The molecule has 0 atom stereocenters. The number of piperidine rings is 1. The molecule has 1 amide bonds. The van der Waals surface area contributed by atoms with Gasteiger partial charge >= 0.3 is 6.18 Å². The van der Waals surface area contributed by atoms with Gasteiger partial charge in [0.15, 0.2) is 0 Å². The van der Waals surface area contributed by atoms with Crippen molar-refractivity contribution in [3.05, 3.63) is 100 Å². The van der Waals surface area contributed by atoms with Crippen LogP contribution in [0, 0.1) is 5.82 Å². The Morgan fingerprint density at radius 3 is 2.29 bits per heavy atom. The lowest BCUT2D eigenvalue weighted by molar-refractivity contribution is -0.137. The molecule has 0 N–H and O–H groups in total. The van der Waals surface area contributed by atoms with Crippen molar-refractivity contribution >= 4 is 23.2 Å². The van der Waals surface area contributed by atoms with Gasteiger partial charge < -0.3 is 4.90 Å². The van der Waals surface area contributed by atoms with Gasteiger partial charge in [0, 0.05) is 41.9 Å². The number of rotatable bonds is 5. The molecule has 0 aliphatic carbocycles. The zero-order chi connectivity index (χ0) is 24.3. The standard InChI is InChI=1S/C26H23ClF4N2O/c27-21-6-2-4-19(16-21)25(34)33(23-9-7-22(28)8-10-23)24-11-13-32(14-12-24)17-18-3-1-5-20(15-18)26(29,30)31/h1-10,15-16,24H,11-14,17H2. The van der Waals surface area contributed by atoms with Crippen LogP contribution < -0.4 is 4.90 Å². The van der Waals surface area contributed by atoms with Crippen molar-refractivity contribution in [2.75, 3.05) is 18.0 Å². The Balaban J connectivity index is 1.50. The van der Waals surface area contributed by atoms with Crippen molar-refractivity contribution in [2.24, 2.45) is 0 Å². The summed E-state index contributed by atoms with van der Waals surface area (Å²) >= 11 is 6.08. The van der Waals surface area contributed by atoms with E-state index in [0.29, 0.717) is 54.3 Å². The molecule has 178 valence electrons. The van der Waals surface area contributed by atoms with Crippen molar-refractivity contribution in [1.29, 1.82) is 0 Å². The predicted molar refractivity (Wildman–Crippen MR) is 124 cm³/mol. The normalized spacial score (nSPS) is 15.3. The number of benzene rings is 3. The van der Waals surface area contributed by atoms with E-state index in [1.54, 1.807) is 47.4 Å². The van der Waals surface area contributed by atoms with Crippen LogP contribution in [0.1, 0.15) is 34.3 Å². The number of hydrogen-bond donors (Lipinski definition) is 0. The molecule has 4 rings (SSSR count). The molecular weight excluding hydrogens is 468 g/mol. The monoisotopic (exact) mass is 490 g/mol. The molecule has 1 aliphatic rings. The van der Waals surface area contributed by atoms with Crippen molar-refractivity contribution in [3.8, 4) is 0 Å². The molecule has 0 radical (unpaired) electrons. The lowest BCUT2D eigenvalue weighted by atomic mass is 10.00. The smallest absolute Gasteiger partial charge is 0.305 e. The van der Waals surface area contributed by atoms with Crippen LogP contribution in [0.3, 0.4) is 0 Å². The Hall–Kier alpha value is -2.90. The van der Waals surface area contributed by atoms with Gasteiger partial charge in [0.05, 0.1) is 5.56 Å². The third kappa shape index (κ3) is 5.77. The van der Waals surface area contributed by atoms with Crippen LogP contribution >= 0.6 is 11.6 Å². The highest BCUT2D eigenvalue weighted by Crippen LogP contribution is 2.31. The summed E-state index contributed by atoms with van der Waals surface area (Å²) in [5, 5.41) is 0.445. The van der Waals surface area contributed by atoms with E-state index in [1.165, 1.54) is 24.3 Å². The van der Waals surface area contributed by atoms with Crippen molar-refractivity contribution in [1.82, 2.24) is 4.90 Å². The summed E-state index contributed by atoms with van der Waals surface area (Å²) in [5.41, 5.74) is 0.957. The van der Waals surface area contributed by atoms with Crippen LogP contribution in [-0.2, 0) is 12.7 Å². The second-order valence-corrected chi connectivity index (χ2v) is 8.80. The zero-order valence-corrected chi connectivity index (χ0v) is 19.0. The number of carbonyl (C=O) groups excluding carboxylic acids is 1. The first kappa shape index (κ1) is 24.2. The molecule has 3 nitrogen and oxygen atoms in total. The van der Waals surface area contributed by atoms with E-state index in [-0.39, 0.29) is 11.9 Å². The van der Waals surface area contributed by atoms with E-state index in [2.05, 4.69) is 4.90 Å². The first-order valence-electron chi connectivity index (χ1n) is 10.9. The molecule has 1 heterocycles. The van der Waals surface area contributed by atoms with Gasteiger partial charge in [-0.15, -0.1) is 0 Å². The minimum Gasteiger partial charge on any atom is -0.305 e. The molecule has 3 aromatic carbocycles. The molecular formula is C26H23ClF4N2O. The van der Waals surface area contributed by atoms with Crippen molar-refractivity contribution in [3.63, 3.8) is 0 Å². The third-order valence-corrected chi connectivity index (χ3v) is 6.21. The van der Waals surface area contributed by atoms with E-state index in [0.717, 1.165) is 6.07 Å². The fourth-order valence-corrected chi connectivity index (χ4v) is 4.49. The van der Waals surface area contributed by atoms with Gasteiger partial charge in [-0.3, -0.25) is 9.69 Å². The molecule has 0 unspecified atom stereocenters. The SMILES string of the molecule is O=C(c1cccc(Cl)c1)N(c1ccc(F)cc1)C1CCN(Cc2cccc(C(F)(F)F)c2)CC1. The maximum atomic E-state index is 13.5. The van der Waals surface area contributed by atoms with Crippen molar-refractivity contribution < 1.29 is 22.4 Å². The Morgan fingerprint density at radius 2 is 1.65 bits per heavy atom. The summed E-state index contributed by atoms with van der Waals surface area (Å²) in [6.07, 6.45) is -3.12. The minimum atomic E-state index is -4.38. The topological polar surface area (TPSA) is 23.6 Å². The summed E-state index contributed by atoms with van der Waals surface area (Å²) in [5.74, 6) is -0.625. The third-order valence-electron chi connectivity index (χ3n) is 5.98. The fourth-order valence-electron chi connectivity index (χ4n) is 4.30. The number of alkyl halides is 3. The van der Waals surface area contributed by atoms with Gasteiger partial charge in [-0.05, 0) is 66.9 Å². The Morgan fingerprint density at radius 1 is 0.971 bits per heavy atom. The van der Waals surface area contributed by atoms with E-state index in [4.69, 9.17) is 11.6 Å². The number of hydrogen-bond acceptors (Lipinski definition) is 2. The maximum absolute atomic E-state index is 13.5. The van der Waals surface area contributed by atoms with Crippen LogP contribution in [-0.4, -0.2) is 29.9 Å².